The van der Waals surface area contributed by atoms with Gasteiger partial charge in [-0.25, -0.2) is 4.39 Å². The van der Waals surface area contributed by atoms with Crippen LogP contribution in [0.4, 0.5) is 4.39 Å². The number of rotatable bonds is 6. The van der Waals surface area contributed by atoms with Crippen LogP contribution >= 0.6 is 0 Å². The molecular weight excluding hydrogens is 493 g/mol. The van der Waals surface area contributed by atoms with Gasteiger partial charge in [0.2, 0.25) is 5.91 Å². The molecule has 0 radical (unpaired) electrons. The molecule has 0 aliphatic carbocycles. The molecule has 3 fully saturated rings. The van der Waals surface area contributed by atoms with Crippen molar-refractivity contribution in [3.05, 3.63) is 65.5 Å². The van der Waals surface area contributed by atoms with Gasteiger partial charge in [-0.2, -0.15) is 0 Å². The maximum absolute atomic E-state index is 13.9. The number of benzene rings is 2. The van der Waals surface area contributed by atoms with Crippen molar-refractivity contribution in [1.82, 2.24) is 15.1 Å². The summed E-state index contributed by atoms with van der Waals surface area (Å²) < 4.78 is 30.8. The molecular formula is C28H32FN3O6. The minimum absolute atomic E-state index is 0.0326. The van der Waals surface area contributed by atoms with Crippen molar-refractivity contribution in [1.29, 1.82) is 0 Å². The molecule has 38 heavy (non-hydrogen) atoms. The van der Waals surface area contributed by atoms with Gasteiger partial charge in [0.15, 0.2) is 0 Å². The van der Waals surface area contributed by atoms with Crippen molar-refractivity contribution in [2.45, 2.75) is 43.6 Å². The number of likely N-dealkylation sites (tertiary alicyclic amines) is 1. The Bertz CT molecular complexity index is 1190. The van der Waals surface area contributed by atoms with Gasteiger partial charge in [-0.1, -0.05) is 12.1 Å². The lowest BCUT2D eigenvalue weighted by molar-refractivity contribution is -0.128. The number of hydrogen-bond donors (Lipinski definition) is 1. The van der Waals surface area contributed by atoms with Crippen molar-refractivity contribution in [3.63, 3.8) is 0 Å². The molecule has 3 aliphatic rings. The molecule has 0 aromatic heterocycles. The summed E-state index contributed by atoms with van der Waals surface area (Å²) in [5.74, 6) is -0.875. The molecule has 1 N–H and O–H groups in total. The second-order valence-electron chi connectivity index (χ2n) is 9.86. The Morgan fingerprint density at radius 2 is 1.82 bits per heavy atom. The zero-order valence-corrected chi connectivity index (χ0v) is 21.4. The average Bonchev–Trinajstić information content (AvgIpc) is 3.60. The van der Waals surface area contributed by atoms with Crippen LogP contribution in [0.25, 0.3) is 0 Å². The van der Waals surface area contributed by atoms with Gasteiger partial charge in [0.25, 0.3) is 11.8 Å². The van der Waals surface area contributed by atoms with Crippen molar-refractivity contribution in [2.75, 3.05) is 40.0 Å². The molecule has 1 spiro atoms. The SMILES string of the molecule is COc1cccc(C(=O)N2[C@@H](C(=O)NC[C@@H]3CCCO3)COC23CCN(C(=O)c2cccc(F)c2)CC3)c1. The average molecular weight is 526 g/mol. The standard InChI is InChI=1S/C28H32FN3O6/c1-36-22-8-3-6-20(16-22)27(35)32-24(25(33)30-17-23-9-4-14-37-23)18-38-28(32)10-12-31(13-11-28)26(34)19-5-2-7-21(29)15-19/h2-3,5-8,15-16,23-24H,4,9-14,17-18H2,1H3,(H,30,33)/t23-,24+/m0/s1. The lowest BCUT2D eigenvalue weighted by Crippen LogP contribution is -2.60. The summed E-state index contributed by atoms with van der Waals surface area (Å²) >= 11 is 0. The highest BCUT2D eigenvalue weighted by Crippen LogP contribution is 2.39. The van der Waals surface area contributed by atoms with E-state index in [1.165, 1.54) is 30.2 Å². The summed E-state index contributed by atoms with van der Waals surface area (Å²) in [4.78, 5) is 43.4. The van der Waals surface area contributed by atoms with Crippen molar-refractivity contribution < 1.29 is 33.0 Å². The first-order chi connectivity index (χ1) is 18.4. The molecule has 2 aromatic rings. The molecule has 3 amide bonds. The molecule has 10 heteroatoms. The van der Waals surface area contributed by atoms with E-state index in [1.54, 1.807) is 35.2 Å². The van der Waals surface area contributed by atoms with Gasteiger partial charge < -0.3 is 24.4 Å². The largest absolute Gasteiger partial charge is 0.497 e. The Kier molecular flexibility index (Phi) is 7.62. The number of amides is 3. The lowest BCUT2D eigenvalue weighted by atomic mass is 9.96. The first kappa shape index (κ1) is 26.1. The number of methoxy groups -OCH3 is 1. The second kappa shape index (κ2) is 11.1. The lowest BCUT2D eigenvalue weighted by Gasteiger charge is -2.44. The highest BCUT2D eigenvalue weighted by atomic mass is 19.1. The fourth-order valence-corrected chi connectivity index (χ4v) is 5.46. The number of halogens is 1. The third-order valence-electron chi connectivity index (χ3n) is 7.53. The fourth-order valence-electron chi connectivity index (χ4n) is 5.46. The molecule has 0 unspecified atom stereocenters. The molecule has 3 saturated heterocycles. The molecule has 0 bridgehead atoms. The number of piperidine rings is 1. The smallest absolute Gasteiger partial charge is 0.257 e. The van der Waals surface area contributed by atoms with E-state index < -0.39 is 17.6 Å². The molecule has 202 valence electrons. The molecule has 3 aliphatic heterocycles. The van der Waals surface area contributed by atoms with Gasteiger partial charge in [0, 0.05) is 50.2 Å². The highest BCUT2D eigenvalue weighted by Gasteiger charge is 2.54. The first-order valence-corrected chi connectivity index (χ1v) is 13.0. The Balaban J connectivity index is 1.36. The summed E-state index contributed by atoms with van der Waals surface area (Å²) in [7, 11) is 1.52. The van der Waals surface area contributed by atoms with E-state index in [0.29, 0.717) is 50.4 Å². The van der Waals surface area contributed by atoms with E-state index in [-0.39, 0.29) is 36.0 Å². The van der Waals surface area contributed by atoms with E-state index >= 15 is 0 Å². The second-order valence-corrected chi connectivity index (χ2v) is 9.86. The molecule has 2 atom stereocenters. The van der Waals surface area contributed by atoms with Crippen LogP contribution in [0.2, 0.25) is 0 Å². The number of nitrogens with one attached hydrogen (secondary N) is 1. The Morgan fingerprint density at radius 1 is 1.08 bits per heavy atom. The molecule has 5 rings (SSSR count). The van der Waals surface area contributed by atoms with Crippen molar-refractivity contribution in [3.8, 4) is 5.75 Å². The number of ether oxygens (including phenoxy) is 3. The van der Waals surface area contributed by atoms with Gasteiger partial charge in [-0.15, -0.1) is 0 Å². The van der Waals surface area contributed by atoms with Gasteiger partial charge in [0.1, 0.15) is 23.3 Å². The van der Waals surface area contributed by atoms with Gasteiger partial charge in [0.05, 0.1) is 19.8 Å². The van der Waals surface area contributed by atoms with Crippen LogP contribution in [-0.4, -0.2) is 85.3 Å². The first-order valence-electron chi connectivity index (χ1n) is 13.0. The van der Waals surface area contributed by atoms with Crippen LogP contribution in [0.1, 0.15) is 46.4 Å². The van der Waals surface area contributed by atoms with Crippen LogP contribution < -0.4 is 10.1 Å². The molecule has 2 aromatic carbocycles. The van der Waals surface area contributed by atoms with Crippen LogP contribution in [0.3, 0.4) is 0 Å². The summed E-state index contributed by atoms with van der Waals surface area (Å²) in [6.07, 6.45) is 2.45. The monoisotopic (exact) mass is 525 g/mol. The molecule has 0 saturated carbocycles. The van der Waals surface area contributed by atoms with Gasteiger partial charge >= 0.3 is 0 Å². The van der Waals surface area contributed by atoms with Crippen LogP contribution in [0.15, 0.2) is 48.5 Å². The highest BCUT2D eigenvalue weighted by molar-refractivity contribution is 5.99. The maximum Gasteiger partial charge on any atom is 0.257 e. The van der Waals surface area contributed by atoms with E-state index in [0.717, 1.165) is 12.8 Å². The van der Waals surface area contributed by atoms with E-state index in [2.05, 4.69) is 5.32 Å². The summed E-state index contributed by atoms with van der Waals surface area (Å²) in [5, 5.41) is 2.94. The van der Waals surface area contributed by atoms with Gasteiger partial charge in [-0.3, -0.25) is 19.3 Å². The summed E-state index contributed by atoms with van der Waals surface area (Å²) in [6, 6.07) is 11.5. The topological polar surface area (TPSA) is 97.4 Å². The van der Waals surface area contributed by atoms with Crippen molar-refractivity contribution >= 4 is 17.7 Å². The van der Waals surface area contributed by atoms with E-state index in [9.17, 15) is 18.8 Å². The van der Waals surface area contributed by atoms with E-state index in [4.69, 9.17) is 14.2 Å². The number of carbonyl (C=O) groups excluding carboxylic acids is 3. The predicted octanol–water partition coefficient (Wildman–Crippen LogP) is 2.60. The van der Waals surface area contributed by atoms with Gasteiger partial charge in [-0.05, 0) is 49.2 Å². The zero-order chi connectivity index (χ0) is 26.7. The molecule has 9 nitrogen and oxygen atoms in total. The van der Waals surface area contributed by atoms with Crippen LogP contribution in [-0.2, 0) is 14.3 Å². The Morgan fingerprint density at radius 3 is 2.50 bits per heavy atom. The maximum atomic E-state index is 13.9. The van der Waals surface area contributed by atoms with Crippen molar-refractivity contribution in [2.24, 2.45) is 0 Å². The molecule has 3 heterocycles. The summed E-state index contributed by atoms with van der Waals surface area (Å²) in [6.45, 7) is 1.69. The Hall–Kier alpha value is -3.50. The van der Waals surface area contributed by atoms with E-state index in [1.807, 2.05) is 0 Å². The number of carbonyl (C=O) groups is 3. The minimum atomic E-state index is -1.05. The van der Waals surface area contributed by atoms with Crippen LogP contribution in [0, 0.1) is 5.82 Å². The third-order valence-corrected chi connectivity index (χ3v) is 7.53. The summed E-state index contributed by atoms with van der Waals surface area (Å²) in [5.41, 5.74) is -0.404. The third kappa shape index (κ3) is 5.23. The number of hydrogen-bond acceptors (Lipinski definition) is 6. The quantitative estimate of drug-likeness (QED) is 0.623. The fraction of sp³-hybridized carbons (Fsp3) is 0.464. The van der Waals surface area contributed by atoms with Crippen LogP contribution in [0.5, 0.6) is 5.75 Å². The minimum Gasteiger partial charge on any atom is -0.497 e. The number of nitrogens with zero attached hydrogens (tertiary/aromatic N) is 2. The normalized spacial score (nSPS) is 22.5. The zero-order valence-electron chi connectivity index (χ0n) is 21.4. The predicted molar refractivity (Wildman–Crippen MR) is 135 cm³/mol. The Labute approximate surface area is 220 Å².